The number of hydrogen-bond acceptors (Lipinski definition) is 3. The molecule has 1 atom stereocenters. The average Bonchev–Trinajstić information content (AvgIpc) is 2.90. The molecule has 0 saturated carbocycles. The van der Waals surface area contributed by atoms with Gasteiger partial charge in [-0.2, -0.15) is 0 Å². The molecule has 2 amide bonds. The summed E-state index contributed by atoms with van der Waals surface area (Å²) in [6.07, 6.45) is 4.70. The van der Waals surface area contributed by atoms with Crippen LogP contribution >= 0.6 is 0 Å². The number of morpholine rings is 1. The van der Waals surface area contributed by atoms with E-state index in [1.807, 2.05) is 46.8 Å². The molecule has 0 aromatic carbocycles. The average molecular weight is 288 g/mol. The Labute approximate surface area is 123 Å². The fourth-order valence-corrected chi connectivity index (χ4v) is 2.54. The van der Waals surface area contributed by atoms with Crippen LogP contribution in [0.4, 0.5) is 4.79 Å². The van der Waals surface area contributed by atoms with Crippen LogP contribution in [0.5, 0.6) is 0 Å². The minimum Gasteiger partial charge on any atom is -0.377 e. The third-order valence-corrected chi connectivity index (χ3v) is 3.70. The first-order valence-electron chi connectivity index (χ1n) is 7.29. The topological polar surface area (TPSA) is 58.9 Å². The third kappa shape index (κ3) is 3.16. The van der Waals surface area contributed by atoms with Crippen LogP contribution in [-0.4, -0.2) is 52.7 Å². The van der Waals surface area contributed by atoms with Crippen molar-refractivity contribution in [2.45, 2.75) is 19.4 Å². The molecule has 2 aromatic rings. The number of carbonyl (C=O) groups is 1. The van der Waals surface area contributed by atoms with Gasteiger partial charge in [0.05, 0.1) is 24.9 Å². The molecule has 0 spiro atoms. The van der Waals surface area contributed by atoms with Crippen LogP contribution in [0.3, 0.4) is 0 Å². The first-order valence-corrected chi connectivity index (χ1v) is 7.29. The van der Waals surface area contributed by atoms with Crippen molar-refractivity contribution in [2.24, 2.45) is 0 Å². The van der Waals surface area contributed by atoms with E-state index >= 15 is 0 Å². The first kappa shape index (κ1) is 13.9. The van der Waals surface area contributed by atoms with Gasteiger partial charge in [-0.1, -0.05) is 6.07 Å². The van der Waals surface area contributed by atoms with E-state index in [-0.39, 0.29) is 12.1 Å². The predicted molar refractivity (Wildman–Crippen MR) is 79.3 cm³/mol. The molecule has 2 aromatic heterocycles. The number of nitrogens with zero attached hydrogens (tertiary/aromatic N) is 3. The lowest BCUT2D eigenvalue weighted by molar-refractivity contribution is 0.0191. The summed E-state index contributed by atoms with van der Waals surface area (Å²) in [4.78, 5) is 18.4. The number of rotatable bonds is 3. The Morgan fingerprint density at radius 3 is 3.24 bits per heavy atom. The van der Waals surface area contributed by atoms with Crippen LogP contribution in [0.1, 0.15) is 12.6 Å². The van der Waals surface area contributed by atoms with E-state index < -0.39 is 0 Å². The molecule has 3 rings (SSSR count). The molecule has 1 unspecified atom stereocenters. The summed E-state index contributed by atoms with van der Waals surface area (Å²) in [5.74, 6) is 0. The maximum absolute atomic E-state index is 12.1. The molecular weight excluding hydrogens is 268 g/mol. The molecule has 1 N–H and O–H groups in total. The van der Waals surface area contributed by atoms with Gasteiger partial charge in [-0.3, -0.25) is 0 Å². The van der Waals surface area contributed by atoms with Crippen molar-refractivity contribution in [2.75, 3.05) is 26.3 Å². The second-order valence-electron chi connectivity index (χ2n) is 5.30. The van der Waals surface area contributed by atoms with Crippen molar-refractivity contribution in [1.82, 2.24) is 19.6 Å². The summed E-state index contributed by atoms with van der Waals surface area (Å²) in [5.41, 5.74) is 1.91. The molecule has 1 aliphatic rings. The van der Waals surface area contributed by atoms with E-state index in [4.69, 9.17) is 4.74 Å². The molecular formula is C15H20N4O2. The van der Waals surface area contributed by atoms with Gasteiger partial charge in [-0.05, 0) is 19.1 Å². The van der Waals surface area contributed by atoms with Crippen LogP contribution in [0.2, 0.25) is 0 Å². The molecule has 21 heavy (non-hydrogen) atoms. The zero-order valence-electron chi connectivity index (χ0n) is 12.2. The molecule has 1 aliphatic heterocycles. The highest BCUT2D eigenvalue weighted by molar-refractivity contribution is 5.74. The number of hydrogen-bond donors (Lipinski definition) is 1. The zero-order valence-corrected chi connectivity index (χ0v) is 12.2. The normalized spacial score (nSPS) is 18.9. The first-order chi connectivity index (χ1) is 10.2. The monoisotopic (exact) mass is 288 g/mol. The molecule has 112 valence electrons. The number of nitrogens with one attached hydrogen (secondary N) is 1. The second-order valence-corrected chi connectivity index (χ2v) is 5.30. The number of fused-ring (bicyclic) bond motifs is 1. The minimum atomic E-state index is -0.0189. The summed E-state index contributed by atoms with van der Waals surface area (Å²) in [6, 6.07) is 6.02. The van der Waals surface area contributed by atoms with Crippen LogP contribution in [0, 0.1) is 0 Å². The van der Waals surface area contributed by atoms with Gasteiger partial charge in [-0.25, -0.2) is 9.78 Å². The highest BCUT2D eigenvalue weighted by atomic mass is 16.5. The van der Waals surface area contributed by atoms with E-state index in [1.54, 1.807) is 0 Å². The van der Waals surface area contributed by atoms with Gasteiger partial charge in [0.2, 0.25) is 0 Å². The Balaban J connectivity index is 1.52. The van der Waals surface area contributed by atoms with E-state index in [0.29, 0.717) is 26.3 Å². The quantitative estimate of drug-likeness (QED) is 0.926. The molecule has 0 bridgehead atoms. The summed E-state index contributed by atoms with van der Waals surface area (Å²) < 4.78 is 7.32. The van der Waals surface area contributed by atoms with Gasteiger partial charge in [0, 0.05) is 31.9 Å². The summed E-state index contributed by atoms with van der Waals surface area (Å²) in [7, 11) is 0. The van der Waals surface area contributed by atoms with Crippen molar-refractivity contribution in [1.29, 1.82) is 0 Å². The van der Waals surface area contributed by atoms with Crippen molar-refractivity contribution < 1.29 is 9.53 Å². The van der Waals surface area contributed by atoms with Crippen LogP contribution in [0.15, 0.2) is 30.6 Å². The standard InChI is InChI=1S/C15H20N4O2/c1-12-11-21-9-8-19(12)15(20)16-6-5-13-10-18-7-3-2-4-14(18)17-13/h2-4,7,10,12H,5-6,8-9,11H2,1H3,(H,16,20). The molecule has 1 saturated heterocycles. The summed E-state index contributed by atoms with van der Waals surface area (Å²) in [6.45, 7) is 4.47. The van der Waals surface area contributed by atoms with Crippen molar-refractivity contribution in [3.05, 3.63) is 36.3 Å². The number of imidazole rings is 1. The van der Waals surface area contributed by atoms with E-state index in [0.717, 1.165) is 17.8 Å². The van der Waals surface area contributed by atoms with Crippen LogP contribution in [0.25, 0.3) is 5.65 Å². The number of ether oxygens (including phenoxy) is 1. The minimum absolute atomic E-state index is 0.0189. The lowest BCUT2D eigenvalue weighted by Gasteiger charge is -2.33. The lowest BCUT2D eigenvalue weighted by atomic mass is 10.3. The maximum atomic E-state index is 12.1. The van der Waals surface area contributed by atoms with Crippen LogP contribution in [-0.2, 0) is 11.2 Å². The van der Waals surface area contributed by atoms with E-state index in [9.17, 15) is 4.79 Å². The van der Waals surface area contributed by atoms with Crippen LogP contribution < -0.4 is 5.32 Å². The Morgan fingerprint density at radius 2 is 2.43 bits per heavy atom. The highest BCUT2D eigenvalue weighted by Gasteiger charge is 2.23. The van der Waals surface area contributed by atoms with Crippen molar-refractivity contribution >= 4 is 11.7 Å². The largest absolute Gasteiger partial charge is 0.377 e. The van der Waals surface area contributed by atoms with E-state index in [1.165, 1.54) is 0 Å². The summed E-state index contributed by atoms with van der Waals surface area (Å²) in [5, 5.41) is 2.96. The summed E-state index contributed by atoms with van der Waals surface area (Å²) >= 11 is 0. The Kier molecular flexibility index (Phi) is 4.06. The van der Waals surface area contributed by atoms with Gasteiger partial charge in [0.25, 0.3) is 0 Å². The fourth-order valence-electron chi connectivity index (χ4n) is 2.54. The van der Waals surface area contributed by atoms with Gasteiger partial charge < -0.3 is 19.4 Å². The van der Waals surface area contributed by atoms with E-state index in [2.05, 4.69) is 10.3 Å². The maximum Gasteiger partial charge on any atom is 0.317 e. The highest BCUT2D eigenvalue weighted by Crippen LogP contribution is 2.07. The van der Waals surface area contributed by atoms with Gasteiger partial charge >= 0.3 is 6.03 Å². The van der Waals surface area contributed by atoms with Gasteiger partial charge in [-0.15, -0.1) is 0 Å². The smallest absolute Gasteiger partial charge is 0.317 e. The van der Waals surface area contributed by atoms with Gasteiger partial charge in [0.1, 0.15) is 5.65 Å². The zero-order chi connectivity index (χ0) is 14.7. The van der Waals surface area contributed by atoms with Crippen molar-refractivity contribution in [3.63, 3.8) is 0 Å². The van der Waals surface area contributed by atoms with Gasteiger partial charge in [0.15, 0.2) is 0 Å². The predicted octanol–water partition coefficient (Wildman–Crippen LogP) is 1.31. The fraction of sp³-hybridized carbons (Fsp3) is 0.467. The Bertz CT molecular complexity index is 592. The lowest BCUT2D eigenvalue weighted by Crippen LogP contribution is -2.51. The number of urea groups is 1. The molecule has 1 fully saturated rings. The molecule has 3 heterocycles. The molecule has 0 radical (unpaired) electrons. The SMILES string of the molecule is CC1COCCN1C(=O)NCCc1cn2ccccc2n1. The second kappa shape index (κ2) is 6.13. The number of carbonyl (C=O) groups excluding carboxylic acids is 1. The Morgan fingerprint density at radius 1 is 1.52 bits per heavy atom. The Hall–Kier alpha value is -2.08. The number of amides is 2. The van der Waals surface area contributed by atoms with Crippen molar-refractivity contribution in [3.8, 4) is 0 Å². The molecule has 0 aliphatic carbocycles. The molecule has 6 heteroatoms. The molecule has 6 nitrogen and oxygen atoms in total. The number of aromatic nitrogens is 2. The number of pyridine rings is 1. The third-order valence-electron chi connectivity index (χ3n) is 3.70.